The van der Waals surface area contributed by atoms with Crippen LogP contribution in [0.1, 0.15) is 18.1 Å². The Kier molecular flexibility index (Phi) is 3.31. The topological polar surface area (TPSA) is 49.7 Å². The number of hydrogen-bond acceptors (Lipinski definition) is 4. The Labute approximate surface area is 94.1 Å². The number of rotatable bonds is 2. The van der Waals surface area contributed by atoms with E-state index in [1.54, 1.807) is 0 Å². The van der Waals surface area contributed by atoms with E-state index in [1.807, 2.05) is 24.3 Å². The summed E-state index contributed by atoms with van der Waals surface area (Å²) >= 11 is 4.20. The van der Waals surface area contributed by atoms with Crippen LogP contribution >= 0.6 is 12.6 Å². The summed E-state index contributed by atoms with van der Waals surface area (Å²) in [4.78, 5) is 0.899. The van der Waals surface area contributed by atoms with Crippen LogP contribution in [0.25, 0.3) is 0 Å². The second kappa shape index (κ2) is 4.53. The third kappa shape index (κ3) is 2.34. The second-order valence-electron chi connectivity index (χ2n) is 3.74. The van der Waals surface area contributed by atoms with Gasteiger partial charge in [0.1, 0.15) is 6.10 Å². The third-order valence-electron chi connectivity index (χ3n) is 2.67. The highest BCUT2D eigenvalue weighted by molar-refractivity contribution is 7.80. The SMILES string of the molecule is OCC1OC(c2ccc(S)cc2)CC1O. The van der Waals surface area contributed by atoms with E-state index in [-0.39, 0.29) is 12.7 Å². The van der Waals surface area contributed by atoms with Crippen molar-refractivity contribution < 1.29 is 14.9 Å². The highest BCUT2D eigenvalue weighted by Gasteiger charge is 2.33. The van der Waals surface area contributed by atoms with Crippen LogP contribution < -0.4 is 0 Å². The van der Waals surface area contributed by atoms with Crippen molar-refractivity contribution in [1.82, 2.24) is 0 Å². The van der Waals surface area contributed by atoms with Crippen LogP contribution in [0.3, 0.4) is 0 Å². The van der Waals surface area contributed by atoms with Gasteiger partial charge in [-0.15, -0.1) is 12.6 Å². The average molecular weight is 226 g/mol. The number of benzene rings is 1. The lowest BCUT2D eigenvalue weighted by molar-refractivity contribution is -0.0225. The van der Waals surface area contributed by atoms with Gasteiger partial charge in [0.05, 0.1) is 18.8 Å². The van der Waals surface area contributed by atoms with Crippen LogP contribution in [0.15, 0.2) is 29.2 Å². The molecule has 1 heterocycles. The van der Waals surface area contributed by atoms with E-state index in [4.69, 9.17) is 9.84 Å². The zero-order valence-corrected chi connectivity index (χ0v) is 9.10. The molecule has 3 nitrogen and oxygen atoms in total. The number of thiol groups is 1. The van der Waals surface area contributed by atoms with Crippen molar-refractivity contribution in [3.8, 4) is 0 Å². The van der Waals surface area contributed by atoms with Gasteiger partial charge in [-0.05, 0) is 17.7 Å². The summed E-state index contributed by atoms with van der Waals surface area (Å²) in [6.45, 7) is -0.137. The van der Waals surface area contributed by atoms with Crippen LogP contribution in [-0.2, 0) is 4.74 Å². The first-order valence-corrected chi connectivity index (χ1v) is 5.38. The van der Waals surface area contributed by atoms with E-state index in [0.29, 0.717) is 6.42 Å². The molecule has 2 rings (SSSR count). The number of aliphatic hydroxyl groups is 2. The van der Waals surface area contributed by atoms with Crippen molar-refractivity contribution in [3.05, 3.63) is 29.8 Å². The Bertz CT molecular complexity index is 325. The molecule has 0 aliphatic carbocycles. The molecule has 3 atom stereocenters. The molecule has 4 heteroatoms. The molecule has 1 aromatic rings. The molecular weight excluding hydrogens is 212 g/mol. The zero-order chi connectivity index (χ0) is 10.8. The molecule has 0 amide bonds. The number of hydrogen-bond donors (Lipinski definition) is 3. The maximum atomic E-state index is 9.58. The van der Waals surface area contributed by atoms with Gasteiger partial charge in [-0.1, -0.05) is 12.1 Å². The Morgan fingerprint density at radius 2 is 2.00 bits per heavy atom. The molecule has 1 aliphatic rings. The minimum atomic E-state index is -0.573. The molecule has 1 saturated heterocycles. The van der Waals surface area contributed by atoms with Gasteiger partial charge in [-0.2, -0.15) is 0 Å². The molecule has 3 unspecified atom stereocenters. The molecule has 1 aliphatic heterocycles. The van der Waals surface area contributed by atoms with E-state index in [9.17, 15) is 5.11 Å². The van der Waals surface area contributed by atoms with Crippen LogP contribution in [0.5, 0.6) is 0 Å². The van der Waals surface area contributed by atoms with Gasteiger partial charge in [0.2, 0.25) is 0 Å². The van der Waals surface area contributed by atoms with E-state index in [1.165, 1.54) is 0 Å². The van der Waals surface area contributed by atoms with E-state index in [0.717, 1.165) is 10.5 Å². The van der Waals surface area contributed by atoms with Gasteiger partial charge in [0.15, 0.2) is 0 Å². The molecule has 0 saturated carbocycles. The first-order valence-electron chi connectivity index (χ1n) is 4.94. The number of aliphatic hydroxyl groups excluding tert-OH is 2. The quantitative estimate of drug-likeness (QED) is 0.663. The van der Waals surface area contributed by atoms with Crippen molar-refractivity contribution in [2.24, 2.45) is 0 Å². The standard InChI is InChI=1S/C11H14O3S/c12-6-11-9(13)5-10(14-11)7-1-3-8(15)4-2-7/h1-4,9-13,15H,5-6H2. The second-order valence-corrected chi connectivity index (χ2v) is 4.26. The monoisotopic (exact) mass is 226 g/mol. The first kappa shape index (κ1) is 11.0. The molecular formula is C11H14O3S. The van der Waals surface area contributed by atoms with Gasteiger partial charge in [0.25, 0.3) is 0 Å². The predicted molar refractivity (Wildman–Crippen MR) is 59.0 cm³/mol. The minimum Gasteiger partial charge on any atom is -0.394 e. The Balaban J connectivity index is 2.10. The summed E-state index contributed by atoms with van der Waals surface area (Å²) < 4.78 is 5.52. The highest BCUT2D eigenvalue weighted by Crippen LogP contribution is 2.33. The minimum absolute atomic E-state index is 0.119. The summed E-state index contributed by atoms with van der Waals surface area (Å²) in [7, 11) is 0. The first-order chi connectivity index (χ1) is 7.20. The maximum absolute atomic E-state index is 9.58. The molecule has 15 heavy (non-hydrogen) atoms. The molecule has 0 aromatic heterocycles. The van der Waals surface area contributed by atoms with E-state index >= 15 is 0 Å². The normalized spacial score (nSPS) is 30.7. The van der Waals surface area contributed by atoms with Crippen LogP contribution in [0.4, 0.5) is 0 Å². The lowest BCUT2D eigenvalue weighted by atomic mass is 10.1. The largest absolute Gasteiger partial charge is 0.394 e. The fourth-order valence-corrected chi connectivity index (χ4v) is 1.95. The van der Waals surface area contributed by atoms with Crippen molar-refractivity contribution in [1.29, 1.82) is 0 Å². The van der Waals surface area contributed by atoms with Gasteiger partial charge < -0.3 is 14.9 Å². The summed E-state index contributed by atoms with van der Waals surface area (Å²) in [6.07, 6.45) is -0.607. The molecule has 2 N–H and O–H groups in total. The Morgan fingerprint density at radius 3 is 2.53 bits per heavy atom. The lowest BCUT2D eigenvalue weighted by Gasteiger charge is -2.12. The molecule has 0 radical (unpaired) electrons. The summed E-state index contributed by atoms with van der Waals surface area (Å²) in [6, 6.07) is 7.64. The van der Waals surface area contributed by atoms with Gasteiger partial charge >= 0.3 is 0 Å². The lowest BCUT2D eigenvalue weighted by Crippen LogP contribution is -2.24. The van der Waals surface area contributed by atoms with Gasteiger partial charge in [-0.25, -0.2) is 0 Å². The van der Waals surface area contributed by atoms with Crippen molar-refractivity contribution in [3.63, 3.8) is 0 Å². The van der Waals surface area contributed by atoms with Gasteiger partial charge in [0, 0.05) is 11.3 Å². The van der Waals surface area contributed by atoms with Crippen LogP contribution in [0.2, 0.25) is 0 Å². The third-order valence-corrected chi connectivity index (χ3v) is 2.97. The zero-order valence-electron chi connectivity index (χ0n) is 8.21. The van der Waals surface area contributed by atoms with Crippen LogP contribution in [-0.4, -0.2) is 29.0 Å². The van der Waals surface area contributed by atoms with E-state index < -0.39 is 12.2 Å². The van der Waals surface area contributed by atoms with E-state index in [2.05, 4.69) is 12.6 Å². The summed E-state index contributed by atoms with van der Waals surface area (Å²) in [5.41, 5.74) is 1.02. The molecule has 0 spiro atoms. The van der Waals surface area contributed by atoms with Crippen LogP contribution in [0, 0.1) is 0 Å². The molecule has 1 aromatic carbocycles. The van der Waals surface area contributed by atoms with Crippen molar-refractivity contribution >= 4 is 12.6 Å². The number of ether oxygens (including phenoxy) is 1. The molecule has 1 fully saturated rings. The van der Waals surface area contributed by atoms with Crippen molar-refractivity contribution in [2.75, 3.05) is 6.61 Å². The predicted octanol–water partition coefficient (Wildman–Crippen LogP) is 1.16. The highest BCUT2D eigenvalue weighted by atomic mass is 32.1. The Hall–Kier alpha value is -0.550. The fourth-order valence-electron chi connectivity index (χ4n) is 1.80. The Morgan fingerprint density at radius 1 is 1.33 bits per heavy atom. The summed E-state index contributed by atoms with van der Waals surface area (Å²) in [5, 5.41) is 18.5. The van der Waals surface area contributed by atoms with Crippen molar-refractivity contribution in [2.45, 2.75) is 29.6 Å². The summed E-state index contributed by atoms with van der Waals surface area (Å²) in [5.74, 6) is 0. The maximum Gasteiger partial charge on any atom is 0.107 e. The molecule has 82 valence electrons. The van der Waals surface area contributed by atoms with Gasteiger partial charge in [-0.3, -0.25) is 0 Å². The smallest absolute Gasteiger partial charge is 0.107 e. The molecule has 0 bridgehead atoms. The fraction of sp³-hybridized carbons (Fsp3) is 0.455. The average Bonchev–Trinajstić information content (AvgIpc) is 2.61.